The Morgan fingerprint density at radius 3 is 2.80 bits per heavy atom. The Balaban J connectivity index is 2.03. The van der Waals surface area contributed by atoms with Crippen LogP contribution in [0.5, 0.6) is 0 Å². The van der Waals surface area contributed by atoms with Gasteiger partial charge in [-0.2, -0.15) is 5.10 Å². The first-order valence-corrected chi connectivity index (χ1v) is 8.05. The standard InChI is InChI=1S/C15H24N4S/c1-5-7-16-9-12-6-8-17-19(12)10-14-18-13(11-20-14)15(2,3)4/h6,8,11,16H,5,7,9-10H2,1-4H3. The molecule has 0 saturated carbocycles. The minimum atomic E-state index is 0.115. The van der Waals surface area contributed by atoms with Gasteiger partial charge in [-0.25, -0.2) is 4.98 Å². The second-order valence-electron chi connectivity index (χ2n) is 6.03. The van der Waals surface area contributed by atoms with E-state index >= 15 is 0 Å². The first-order chi connectivity index (χ1) is 9.50. The third-order valence-corrected chi connectivity index (χ3v) is 3.98. The highest BCUT2D eigenvalue weighted by Crippen LogP contribution is 2.24. The van der Waals surface area contributed by atoms with Crippen LogP contribution in [0.15, 0.2) is 17.6 Å². The first-order valence-electron chi connectivity index (χ1n) is 7.17. The maximum atomic E-state index is 4.73. The van der Waals surface area contributed by atoms with Crippen molar-refractivity contribution in [1.82, 2.24) is 20.1 Å². The van der Waals surface area contributed by atoms with Gasteiger partial charge in [-0.1, -0.05) is 27.7 Å². The number of hydrogen-bond acceptors (Lipinski definition) is 4. The van der Waals surface area contributed by atoms with Gasteiger partial charge >= 0.3 is 0 Å². The Morgan fingerprint density at radius 2 is 2.15 bits per heavy atom. The number of thiazole rings is 1. The summed E-state index contributed by atoms with van der Waals surface area (Å²) >= 11 is 1.72. The van der Waals surface area contributed by atoms with Crippen LogP contribution in [-0.2, 0) is 18.5 Å². The fraction of sp³-hybridized carbons (Fsp3) is 0.600. The Morgan fingerprint density at radius 1 is 1.35 bits per heavy atom. The van der Waals surface area contributed by atoms with Crippen molar-refractivity contribution >= 4 is 11.3 Å². The van der Waals surface area contributed by atoms with Gasteiger partial charge < -0.3 is 5.32 Å². The van der Waals surface area contributed by atoms with Gasteiger partial charge in [0.1, 0.15) is 5.01 Å². The molecule has 0 aliphatic carbocycles. The summed E-state index contributed by atoms with van der Waals surface area (Å²) in [6, 6.07) is 2.07. The molecule has 0 aromatic carbocycles. The molecule has 2 aromatic rings. The van der Waals surface area contributed by atoms with Gasteiger partial charge in [0.15, 0.2) is 0 Å². The molecule has 0 radical (unpaired) electrons. The third-order valence-electron chi connectivity index (χ3n) is 3.14. The Labute approximate surface area is 125 Å². The molecule has 4 nitrogen and oxygen atoms in total. The molecule has 2 rings (SSSR count). The van der Waals surface area contributed by atoms with Crippen LogP contribution in [0.3, 0.4) is 0 Å². The van der Waals surface area contributed by atoms with E-state index in [1.165, 1.54) is 5.69 Å². The molecule has 0 amide bonds. The van der Waals surface area contributed by atoms with Crippen molar-refractivity contribution < 1.29 is 0 Å². The van der Waals surface area contributed by atoms with E-state index in [9.17, 15) is 0 Å². The molecule has 0 atom stereocenters. The summed E-state index contributed by atoms with van der Waals surface area (Å²) in [6.45, 7) is 11.4. The average Bonchev–Trinajstić information content (AvgIpc) is 2.99. The molecule has 0 unspecified atom stereocenters. The van der Waals surface area contributed by atoms with E-state index in [4.69, 9.17) is 4.98 Å². The highest BCUT2D eigenvalue weighted by Gasteiger charge is 2.17. The topological polar surface area (TPSA) is 42.7 Å². The molecule has 0 saturated heterocycles. The van der Waals surface area contributed by atoms with Gasteiger partial charge in [-0.3, -0.25) is 4.68 Å². The van der Waals surface area contributed by atoms with Crippen LogP contribution < -0.4 is 5.32 Å². The fourth-order valence-corrected chi connectivity index (χ4v) is 2.90. The summed E-state index contributed by atoms with van der Waals surface area (Å²) in [7, 11) is 0. The minimum Gasteiger partial charge on any atom is -0.311 e. The van der Waals surface area contributed by atoms with E-state index in [0.717, 1.165) is 36.8 Å². The molecule has 0 aliphatic rings. The van der Waals surface area contributed by atoms with Gasteiger partial charge in [0.05, 0.1) is 17.9 Å². The average molecular weight is 292 g/mol. The third kappa shape index (κ3) is 3.90. The lowest BCUT2D eigenvalue weighted by Gasteiger charge is -2.14. The second-order valence-corrected chi connectivity index (χ2v) is 6.98. The zero-order valence-corrected chi connectivity index (χ0v) is 13.6. The molecule has 0 spiro atoms. The number of aromatic nitrogens is 3. The van der Waals surface area contributed by atoms with E-state index in [-0.39, 0.29) is 5.41 Å². The van der Waals surface area contributed by atoms with Crippen LogP contribution in [0.25, 0.3) is 0 Å². The number of nitrogens with one attached hydrogen (secondary N) is 1. The van der Waals surface area contributed by atoms with Crippen molar-refractivity contribution in [2.24, 2.45) is 0 Å². The molecule has 1 N–H and O–H groups in total. The van der Waals surface area contributed by atoms with Gasteiger partial charge in [0.2, 0.25) is 0 Å². The van der Waals surface area contributed by atoms with Crippen molar-refractivity contribution in [2.75, 3.05) is 6.54 Å². The smallest absolute Gasteiger partial charge is 0.114 e. The molecule has 0 aliphatic heterocycles. The molecule has 110 valence electrons. The number of hydrogen-bond donors (Lipinski definition) is 1. The first kappa shape index (κ1) is 15.2. The maximum absolute atomic E-state index is 4.73. The molecule has 5 heteroatoms. The molecular formula is C15H24N4S. The van der Waals surface area contributed by atoms with Gasteiger partial charge in [0.25, 0.3) is 0 Å². The van der Waals surface area contributed by atoms with Gasteiger partial charge in [-0.15, -0.1) is 11.3 Å². The quantitative estimate of drug-likeness (QED) is 0.832. The van der Waals surface area contributed by atoms with Crippen molar-refractivity contribution in [3.63, 3.8) is 0 Å². The minimum absolute atomic E-state index is 0.115. The van der Waals surface area contributed by atoms with E-state index in [1.54, 1.807) is 11.3 Å². The van der Waals surface area contributed by atoms with Crippen LogP contribution in [0.1, 0.15) is 50.5 Å². The molecule has 2 aromatic heterocycles. The Hall–Kier alpha value is -1.20. The van der Waals surface area contributed by atoms with E-state index in [2.05, 4.69) is 49.6 Å². The van der Waals surface area contributed by atoms with Crippen molar-refractivity contribution in [1.29, 1.82) is 0 Å². The molecule has 20 heavy (non-hydrogen) atoms. The fourth-order valence-electron chi connectivity index (χ4n) is 1.90. The van der Waals surface area contributed by atoms with Crippen LogP contribution >= 0.6 is 11.3 Å². The number of rotatable bonds is 6. The summed E-state index contributed by atoms with van der Waals surface area (Å²) in [5.74, 6) is 0. The summed E-state index contributed by atoms with van der Waals surface area (Å²) in [5.41, 5.74) is 2.49. The van der Waals surface area contributed by atoms with E-state index in [0.29, 0.717) is 0 Å². The summed E-state index contributed by atoms with van der Waals surface area (Å²) < 4.78 is 2.04. The van der Waals surface area contributed by atoms with Crippen LogP contribution in [0.2, 0.25) is 0 Å². The predicted octanol–water partition coefficient (Wildman–Crippen LogP) is 3.19. The summed E-state index contributed by atoms with van der Waals surface area (Å²) in [6.07, 6.45) is 3.01. The van der Waals surface area contributed by atoms with Crippen molar-refractivity contribution in [2.45, 2.75) is 52.6 Å². The lowest BCUT2D eigenvalue weighted by molar-refractivity contribution is 0.562. The summed E-state index contributed by atoms with van der Waals surface area (Å²) in [5, 5.41) is 11.1. The Kier molecular flexibility index (Phi) is 4.94. The highest BCUT2D eigenvalue weighted by atomic mass is 32.1. The molecule has 0 bridgehead atoms. The normalized spacial score (nSPS) is 12.0. The monoisotopic (exact) mass is 292 g/mol. The molecular weight excluding hydrogens is 268 g/mol. The van der Waals surface area contributed by atoms with Gasteiger partial charge in [0, 0.05) is 23.5 Å². The van der Waals surface area contributed by atoms with Crippen molar-refractivity contribution in [3.8, 4) is 0 Å². The van der Waals surface area contributed by atoms with Crippen LogP contribution in [0.4, 0.5) is 0 Å². The number of nitrogens with zero attached hydrogens (tertiary/aromatic N) is 3. The predicted molar refractivity (Wildman–Crippen MR) is 84.1 cm³/mol. The zero-order chi connectivity index (χ0) is 14.6. The van der Waals surface area contributed by atoms with E-state index < -0.39 is 0 Å². The summed E-state index contributed by atoms with van der Waals surface area (Å²) in [4.78, 5) is 4.73. The van der Waals surface area contributed by atoms with Gasteiger partial charge in [-0.05, 0) is 19.0 Å². The lowest BCUT2D eigenvalue weighted by atomic mass is 9.93. The largest absolute Gasteiger partial charge is 0.311 e. The SMILES string of the molecule is CCCNCc1ccnn1Cc1nc(C(C)(C)C)cs1. The van der Waals surface area contributed by atoms with Crippen LogP contribution in [0, 0.1) is 0 Å². The van der Waals surface area contributed by atoms with Crippen molar-refractivity contribution in [3.05, 3.63) is 34.0 Å². The Bertz CT molecular complexity index is 536. The highest BCUT2D eigenvalue weighted by molar-refractivity contribution is 7.09. The second kappa shape index (κ2) is 6.50. The molecule has 0 fully saturated rings. The molecule has 2 heterocycles. The lowest BCUT2D eigenvalue weighted by Crippen LogP contribution is -2.18. The van der Waals surface area contributed by atoms with Crippen LogP contribution in [-0.4, -0.2) is 21.3 Å². The maximum Gasteiger partial charge on any atom is 0.114 e. The zero-order valence-electron chi connectivity index (χ0n) is 12.8. The van der Waals surface area contributed by atoms with E-state index in [1.807, 2.05) is 10.9 Å².